The van der Waals surface area contributed by atoms with Crippen molar-refractivity contribution >= 4 is 21.8 Å². The largest absolute Gasteiger partial charge is 0.358 e. The number of urea groups is 1. The molecule has 2 aliphatic carbocycles. The molecule has 3 aliphatic rings. The predicted molar refractivity (Wildman–Crippen MR) is 100 cm³/mol. The SMILES string of the molecule is C[C@H](C(=O)c1ccccn1)N(O)C(=O)N1C2CC3CCC2(CS1(=O)=O)C3(C)C. The van der Waals surface area contributed by atoms with E-state index in [2.05, 4.69) is 18.8 Å². The van der Waals surface area contributed by atoms with Crippen LogP contribution < -0.4 is 0 Å². The van der Waals surface area contributed by atoms with Gasteiger partial charge in [0.2, 0.25) is 15.8 Å². The van der Waals surface area contributed by atoms with Crippen molar-refractivity contribution < 1.29 is 23.2 Å². The molecule has 2 saturated carbocycles. The Hall–Kier alpha value is -2.00. The smallest absolute Gasteiger partial charge is 0.290 e. The van der Waals surface area contributed by atoms with Crippen molar-refractivity contribution in [1.29, 1.82) is 0 Å². The zero-order chi connectivity index (χ0) is 20.5. The van der Waals surface area contributed by atoms with E-state index in [0.717, 1.165) is 17.1 Å². The fourth-order valence-electron chi connectivity index (χ4n) is 5.64. The van der Waals surface area contributed by atoms with Crippen LogP contribution in [0.25, 0.3) is 0 Å². The minimum Gasteiger partial charge on any atom is -0.290 e. The van der Waals surface area contributed by atoms with Crippen LogP contribution in [0.1, 0.15) is 50.5 Å². The van der Waals surface area contributed by atoms with Crippen LogP contribution in [0.3, 0.4) is 0 Å². The average Bonchev–Trinajstić information content (AvgIpc) is 3.14. The van der Waals surface area contributed by atoms with E-state index in [1.54, 1.807) is 12.1 Å². The predicted octanol–water partition coefficient (Wildman–Crippen LogP) is 2.30. The van der Waals surface area contributed by atoms with E-state index in [1.165, 1.54) is 19.2 Å². The highest BCUT2D eigenvalue weighted by Crippen LogP contribution is 2.70. The normalized spacial score (nSPS) is 32.8. The van der Waals surface area contributed by atoms with Gasteiger partial charge < -0.3 is 0 Å². The fourth-order valence-corrected chi connectivity index (χ4v) is 8.14. The van der Waals surface area contributed by atoms with Gasteiger partial charge in [-0.3, -0.25) is 15.0 Å². The topological polar surface area (TPSA) is 108 Å². The van der Waals surface area contributed by atoms with Crippen LogP contribution >= 0.6 is 0 Å². The quantitative estimate of drug-likeness (QED) is 0.468. The summed E-state index contributed by atoms with van der Waals surface area (Å²) >= 11 is 0. The first kappa shape index (κ1) is 19.3. The van der Waals surface area contributed by atoms with Gasteiger partial charge in [-0.1, -0.05) is 19.9 Å². The molecule has 1 N–H and O–H groups in total. The highest BCUT2D eigenvalue weighted by molar-refractivity contribution is 7.90. The van der Waals surface area contributed by atoms with Crippen LogP contribution in [0.4, 0.5) is 4.79 Å². The van der Waals surface area contributed by atoms with Crippen molar-refractivity contribution in [3.8, 4) is 0 Å². The lowest BCUT2D eigenvalue weighted by molar-refractivity contribution is -0.0730. The molecule has 3 fully saturated rings. The van der Waals surface area contributed by atoms with Gasteiger partial charge in [0, 0.05) is 11.6 Å². The molecule has 9 heteroatoms. The van der Waals surface area contributed by atoms with Gasteiger partial charge >= 0.3 is 6.03 Å². The molecule has 0 aromatic carbocycles. The summed E-state index contributed by atoms with van der Waals surface area (Å²) in [5, 5.41) is 10.7. The lowest BCUT2D eigenvalue weighted by Crippen LogP contribution is -2.52. The minimum atomic E-state index is -3.87. The standard InChI is InChI=1S/C19H25N3O5S/c1-12(16(23)14-6-4-5-9-20-14)21(25)17(24)22-15-10-13-7-8-19(15,18(13,2)3)11-28(22,26)27/h4-6,9,12-13,15,25H,7-8,10-11H2,1-3H3/t12-,13?,15?,19?/m1/s1. The van der Waals surface area contributed by atoms with Crippen molar-refractivity contribution in [1.82, 2.24) is 14.4 Å². The third-order valence-corrected chi connectivity index (χ3v) is 9.35. The average molecular weight is 407 g/mol. The minimum absolute atomic E-state index is 0.0870. The molecule has 1 aliphatic heterocycles. The van der Waals surface area contributed by atoms with Gasteiger partial charge in [-0.15, -0.1) is 0 Å². The molecule has 1 aromatic rings. The Morgan fingerprint density at radius 2 is 2.07 bits per heavy atom. The van der Waals surface area contributed by atoms with Crippen LogP contribution in [0, 0.1) is 16.7 Å². The second-order valence-corrected chi connectivity index (χ2v) is 10.6. The van der Waals surface area contributed by atoms with E-state index in [0.29, 0.717) is 12.3 Å². The second-order valence-electron chi connectivity index (χ2n) is 8.80. The van der Waals surface area contributed by atoms with Crippen LogP contribution in [-0.4, -0.2) is 57.6 Å². The molecule has 8 nitrogen and oxygen atoms in total. The van der Waals surface area contributed by atoms with Crippen molar-refractivity contribution in [2.24, 2.45) is 16.7 Å². The Balaban J connectivity index is 1.62. The number of fused-ring (bicyclic) bond motifs is 1. The number of hydroxylamine groups is 2. The van der Waals surface area contributed by atoms with Gasteiger partial charge in [0.15, 0.2) is 0 Å². The Kier molecular flexibility index (Phi) is 4.14. The summed E-state index contributed by atoms with van der Waals surface area (Å²) in [6.07, 6.45) is 3.76. The van der Waals surface area contributed by atoms with Crippen molar-refractivity contribution in [3.63, 3.8) is 0 Å². The Bertz CT molecular complexity index is 932. The van der Waals surface area contributed by atoms with Gasteiger partial charge in [0.05, 0.1) is 11.8 Å². The number of Topliss-reactive ketones (excluding diaryl/α,β-unsaturated/α-hetero) is 1. The highest BCUT2D eigenvalue weighted by atomic mass is 32.2. The van der Waals surface area contributed by atoms with E-state index in [9.17, 15) is 23.2 Å². The lowest BCUT2D eigenvalue weighted by atomic mass is 9.69. The molecule has 2 amide bonds. The number of sulfonamides is 1. The maximum atomic E-state index is 13.0. The number of rotatable bonds is 3. The number of aromatic nitrogens is 1. The van der Waals surface area contributed by atoms with Crippen molar-refractivity contribution in [2.45, 2.75) is 52.1 Å². The van der Waals surface area contributed by atoms with Gasteiger partial charge in [0.1, 0.15) is 11.7 Å². The first-order valence-electron chi connectivity index (χ1n) is 9.52. The Labute approximate surface area is 164 Å². The number of carbonyl (C=O) groups is 2. The Morgan fingerprint density at radius 1 is 1.36 bits per heavy atom. The molecule has 28 heavy (non-hydrogen) atoms. The summed E-state index contributed by atoms with van der Waals surface area (Å²) in [6, 6.07) is 1.99. The molecule has 3 unspecified atom stereocenters. The number of pyridine rings is 1. The molecule has 1 spiro atoms. The summed E-state index contributed by atoms with van der Waals surface area (Å²) in [7, 11) is -3.87. The first-order chi connectivity index (χ1) is 13.0. The number of carbonyl (C=O) groups excluding carboxylic acids is 2. The first-order valence-corrected chi connectivity index (χ1v) is 11.1. The second kappa shape index (κ2) is 6.00. The molecular weight excluding hydrogens is 382 g/mol. The molecule has 4 rings (SSSR count). The summed E-state index contributed by atoms with van der Waals surface area (Å²) in [4.78, 5) is 29.5. The molecule has 152 valence electrons. The maximum Gasteiger partial charge on any atom is 0.358 e. The fraction of sp³-hybridized carbons (Fsp3) is 0.632. The molecular formula is C19H25N3O5S. The highest BCUT2D eigenvalue weighted by Gasteiger charge is 2.72. The molecule has 4 atom stereocenters. The number of nitrogens with zero attached hydrogens (tertiary/aromatic N) is 3. The third kappa shape index (κ3) is 2.38. The molecule has 1 aromatic heterocycles. The zero-order valence-electron chi connectivity index (χ0n) is 16.2. The molecule has 2 heterocycles. The molecule has 1 saturated heterocycles. The van der Waals surface area contributed by atoms with Crippen molar-refractivity contribution in [3.05, 3.63) is 30.1 Å². The summed E-state index contributed by atoms with van der Waals surface area (Å²) < 4.78 is 26.7. The summed E-state index contributed by atoms with van der Waals surface area (Å²) in [5.74, 6) is -0.296. The van der Waals surface area contributed by atoms with Crippen LogP contribution in [-0.2, 0) is 10.0 Å². The maximum absolute atomic E-state index is 13.0. The number of amides is 2. The lowest BCUT2D eigenvalue weighted by Gasteiger charge is -2.37. The molecule has 0 radical (unpaired) electrons. The monoisotopic (exact) mass is 407 g/mol. The van der Waals surface area contributed by atoms with E-state index < -0.39 is 39.3 Å². The van der Waals surface area contributed by atoms with E-state index >= 15 is 0 Å². The van der Waals surface area contributed by atoms with Gasteiger partial charge in [0.25, 0.3) is 0 Å². The van der Waals surface area contributed by atoms with Gasteiger partial charge in [-0.05, 0) is 49.7 Å². The number of hydrogen-bond donors (Lipinski definition) is 1. The van der Waals surface area contributed by atoms with Crippen LogP contribution in [0.15, 0.2) is 24.4 Å². The zero-order valence-corrected chi connectivity index (χ0v) is 17.0. The molecule has 2 bridgehead atoms. The van der Waals surface area contributed by atoms with Crippen LogP contribution in [0.5, 0.6) is 0 Å². The summed E-state index contributed by atoms with van der Waals surface area (Å²) in [6.45, 7) is 5.52. The van der Waals surface area contributed by atoms with E-state index in [-0.39, 0.29) is 21.9 Å². The summed E-state index contributed by atoms with van der Waals surface area (Å²) in [5.41, 5.74) is -0.569. The van der Waals surface area contributed by atoms with Crippen molar-refractivity contribution in [2.75, 3.05) is 5.75 Å². The van der Waals surface area contributed by atoms with Crippen LogP contribution in [0.2, 0.25) is 0 Å². The van der Waals surface area contributed by atoms with E-state index in [1.807, 2.05) is 0 Å². The van der Waals surface area contributed by atoms with Gasteiger partial charge in [-0.25, -0.2) is 17.5 Å². The Morgan fingerprint density at radius 3 is 2.68 bits per heavy atom. The number of hydrogen-bond acceptors (Lipinski definition) is 6. The number of ketones is 1. The van der Waals surface area contributed by atoms with E-state index in [4.69, 9.17) is 0 Å². The third-order valence-electron chi connectivity index (χ3n) is 7.46. The van der Waals surface area contributed by atoms with Gasteiger partial charge in [-0.2, -0.15) is 5.06 Å².